The molecule has 0 aliphatic carbocycles. The second-order valence-electron chi connectivity index (χ2n) is 2.97. The Balaban J connectivity index is 2.43. The molecule has 0 aromatic heterocycles. The Morgan fingerprint density at radius 2 is 2.00 bits per heavy atom. The maximum absolute atomic E-state index is 13.2. The molecule has 1 rings (SSSR count). The van der Waals surface area contributed by atoms with Gasteiger partial charge in [0.1, 0.15) is 11.6 Å². The highest BCUT2D eigenvalue weighted by molar-refractivity contribution is 6.19. The number of hydrazine groups is 1. The first-order chi connectivity index (χ1) is 7.65. The normalized spacial score (nSPS) is 12.8. The van der Waals surface area contributed by atoms with Gasteiger partial charge in [-0.05, 0) is 19.1 Å². The first-order valence-corrected chi connectivity index (χ1v) is 5.25. The van der Waals surface area contributed by atoms with Crippen molar-refractivity contribution in [1.29, 1.82) is 0 Å². The minimum atomic E-state index is -0.736. The van der Waals surface area contributed by atoms with Crippen molar-refractivity contribution in [2.24, 2.45) is 0 Å². The fourth-order valence-corrected chi connectivity index (χ4v) is 1.31. The van der Waals surface area contributed by atoms with Crippen LogP contribution in [0.5, 0.6) is 0 Å². The van der Waals surface area contributed by atoms with E-state index >= 15 is 0 Å². The van der Waals surface area contributed by atoms with Crippen LogP contribution < -0.4 is 10.9 Å². The van der Waals surface area contributed by atoms with Gasteiger partial charge in [-0.2, -0.15) is 0 Å². The zero-order valence-electron chi connectivity index (χ0n) is 8.77. The van der Waals surface area contributed by atoms with Gasteiger partial charge in [-0.1, -0.05) is 17.7 Å². The van der Waals surface area contributed by atoms with Gasteiger partial charge >= 0.3 is 0 Å². The van der Waals surface area contributed by atoms with Crippen molar-refractivity contribution in [3.05, 3.63) is 35.4 Å². The van der Waals surface area contributed by atoms with E-state index in [-0.39, 0.29) is 12.1 Å². The molecule has 1 aromatic rings. The number of nitrogens with one attached hydrogen (secondary N) is 2. The van der Waals surface area contributed by atoms with Crippen LogP contribution in [-0.2, 0) is 11.3 Å². The Morgan fingerprint density at radius 3 is 2.56 bits per heavy atom. The number of alkyl halides is 1. The topological polar surface area (TPSA) is 33.3 Å². The van der Waals surface area contributed by atoms with Crippen LogP contribution in [0.15, 0.2) is 18.2 Å². The first-order valence-electron chi connectivity index (χ1n) is 4.82. The molecular formula is C10H13ClF2N2O. The van der Waals surface area contributed by atoms with Crippen LogP contribution in [0.1, 0.15) is 12.5 Å². The van der Waals surface area contributed by atoms with Gasteiger partial charge in [0.2, 0.25) is 0 Å². The molecule has 0 amide bonds. The summed E-state index contributed by atoms with van der Waals surface area (Å²) in [6.45, 7) is 2.21. The number of hydrogen-bond acceptors (Lipinski definition) is 3. The lowest BCUT2D eigenvalue weighted by atomic mass is 10.2. The zero-order chi connectivity index (χ0) is 12.0. The minimum absolute atomic E-state index is 0.0190. The van der Waals surface area contributed by atoms with Crippen molar-refractivity contribution in [3.8, 4) is 0 Å². The molecule has 0 fully saturated rings. The number of halogens is 3. The van der Waals surface area contributed by atoms with Crippen LogP contribution in [0.4, 0.5) is 8.78 Å². The number of rotatable bonds is 6. The molecule has 0 bridgehead atoms. The van der Waals surface area contributed by atoms with E-state index in [4.69, 9.17) is 16.3 Å². The monoisotopic (exact) mass is 250 g/mol. The summed E-state index contributed by atoms with van der Waals surface area (Å²) in [5, 5.41) is 0. The molecule has 3 nitrogen and oxygen atoms in total. The fraction of sp³-hybridized carbons (Fsp3) is 0.400. The predicted molar refractivity (Wildman–Crippen MR) is 57.6 cm³/mol. The summed E-state index contributed by atoms with van der Waals surface area (Å²) >= 11 is 5.64. The van der Waals surface area contributed by atoms with Crippen molar-refractivity contribution in [2.75, 3.05) is 6.61 Å². The Labute approximate surface area is 97.7 Å². The highest BCUT2D eigenvalue weighted by Gasteiger charge is 2.08. The highest BCUT2D eigenvalue weighted by atomic mass is 35.5. The van der Waals surface area contributed by atoms with Gasteiger partial charge in [-0.15, -0.1) is 0 Å². The van der Waals surface area contributed by atoms with Crippen LogP contribution in [0, 0.1) is 11.6 Å². The first kappa shape index (κ1) is 13.3. The fourth-order valence-electron chi connectivity index (χ4n) is 1.11. The molecule has 0 heterocycles. The number of ether oxygens (including phenoxy) is 1. The Hall–Kier alpha value is -0.750. The predicted octanol–water partition coefficient (Wildman–Crippen LogP) is 2.12. The van der Waals surface area contributed by atoms with E-state index in [9.17, 15) is 8.78 Å². The largest absolute Gasteiger partial charge is 0.349 e. The van der Waals surface area contributed by atoms with Crippen LogP contribution in [0.3, 0.4) is 0 Å². The van der Waals surface area contributed by atoms with Gasteiger partial charge in [0.15, 0.2) is 5.69 Å². The van der Waals surface area contributed by atoms with Crippen LogP contribution in [-0.4, -0.2) is 12.3 Å². The molecule has 16 heavy (non-hydrogen) atoms. The van der Waals surface area contributed by atoms with E-state index in [1.807, 2.05) is 0 Å². The van der Waals surface area contributed by atoms with Gasteiger partial charge in [-0.25, -0.2) is 19.6 Å². The van der Waals surface area contributed by atoms with Gasteiger partial charge in [0, 0.05) is 18.7 Å². The van der Waals surface area contributed by atoms with E-state index in [1.165, 1.54) is 18.2 Å². The average molecular weight is 251 g/mol. The molecule has 0 aliphatic heterocycles. The summed E-state index contributed by atoms with van der Waals surface area (Å²) in [6.07, 6.45) is 0. The second-order valence-corrected chi connectivity index (χ2v) is 3.37. The Kier molecular flexibility index (Phi) is 5.62. The van der Waals surface area contributed by atoms with Gasteiger partial charge in [-0.3, -0.25) is 0 Å². The molecule has 90 valence electrons. The third kappa shape index (κ3) is 4.02. The third-order valence-corrected chi connectivity index (χ3v) is 2.09. The van der Waals surface area contributed by atoms with Crippen LogP contribution in [0.2, 0.25) is 0 Å². The molecule has 0 spiro atoms. The third-order valence-electron chi connectivity index (χ3n) is 1.86. The molecule has 0 saturated heterocycles. The summed E-state index contributed by atoms with van der Waals surface area (Å²) < 4.78 is 31.2. The molecule has 1 aromatic carbocycles. The molecule has 2 N–H and O–H groups in total. The Bertz CT molecular complexity index is 318. The lowest BCUT2D eigenvalue weighted by Crippen LogP contribution is -2.39. The summed E-state index contributed by atoms with van der Waals surface area (Å²) in [4.78, 5) is 0. The summed E-state index contributed by atoms with van der Waals surface area (Å²) in [5.41, 5.74) is 4.35. The van der Waals surface area contributed by atoms with Crippen LogP contribution >= 0.6 is 11.6 Å². The van der Waals surface area contributed by atoms with E-state index < -0.39 is 17.3 Å². The van der Waals surface area contributed by atoms with E-state index in [2.05, 4.69) is 10.9 Å². The lowest BCUT2D eigenvalue weighted by Gasteiger charge is -2.13. The molecule has 0 radical (unpaired) electrons. The van der Waals surface area contributed by atoms with Crippen molar-refractivity contribution in [1.82, 2.24) is 10.9 Å². The Morgan fingerprint density at radius 1 is 1.38 bits per heavy atom. The van der Waals surface area contributed by atoms with Crippen molar-refractivity contribution < 1.29 is 13.5 Å². The van der Waals surface area contributed by atoms with E-state index in [0.717, 1.165) is 0 Å². The standard InChI is InChI=1S/C10H13ClF2N2O/c1-2-16-10(11)15-14-6-7-8(12)4-3-5-9(7)13/h3-5,10,14-15H,2,6H2,1H3. The van der Waals surface area contributed by atoms with Crippen LogP contribution in [0.25, 0.3) is 0 Å². The zero-order valence-corrected chi connectivity index (χ0v) is 9.52. The van der Waals surface area contributed by atoms with Crippen molar-refractivity contribution in [2.45, 2.75) is 19.2 Å². The molecule has 1 atom stereocenters. The summed E-state index contributed by atoms with van der Waals surface area (Å²) in [7, 11) is 0. The number of benzene rings is 1. The van der Waals surface area contributed by atoms with E-state index in [1.54, 1.807) is 6.92 Å². The molecule has 0 aliphatic rings. The molecule has 0 saturated carbocycles. The summed E-state index contributed by atoms with van der Waals surface area (Å²) in [6, 6.07) is 3.70. The van der Waals surface area contributed by atoms with Gasteiger partial charge in [0.05, 0.1) is 0 Å². The number of hydrogen-bond donors (Lipinski definition) is 2. The van der Waals surface area contributed by atoms with Gasteiger partial charge in [0.25, 0.3) is 0 Å². The maximum Gasteiger partial charge on any atom is 0.197 e. The maximum atomic E-state index is 13.2. The molecule has 6 heteroatoms. The molecule has 1 unspecified atom stereocenters. The summed E-state index contributed by atoms with van der Waals surface area (Å²) in [5.74, 6) is -1.20. The average Bonchev–Trinajstić information content (AvgIpc) is 2.23. The second kappa shape index (κ2) is 6.75. The quantitative estimate of drug-likeness (QED) is 0.351. The molecular weight excluding hydrogens is 238 g/mol. The highest BCUT2D eigenvalue weighted by Crippen LogP contribution is 2.11. The SMILES string of the molecule is CCOC(Cl)NNCc1c(F)cccc1F. The lowest BCUT2D eigenvalue weighted by molar-refractivity contribution is 0.0843. The van der Waals surface area contributed by atoms with Crippen molar-refractivity contribution >= 4 is 11.6 Å². The minimum Gasteiger partial charge on any atom is -0.349 e. The van der Waals surface area contributed by atoms with Crippen molar-refractivity contribution in [3.63, 3.8) is 0 Å². The smallest absolute Gasteiger partial charge is 0.197 e. The van der Waals surface area contributed by atoms with E-state index in [0.29, 0.717) is 6.61 Å². The van der Waals surface area contributed by atoms with Gasteiger partial charge < -0.3 is 4.74 Å².